The van der Waals surface area contributed by atoms with Crippen LogP contribution in [0.1, 0.15) is 6.92 Å². The van der Waals surface area contributed by atoms with E-state index in [1.807, 2.05) is 0 Å². The number of carbonyl (C=O) groups is 2. The first kappa shape index (κ1) is 8.68. The van der Waals surface area contributed by atoms with Gasteiger partial charge in [-0.15, -0.1) is 0 Å². The Morgan fingerprint density at radius 2 is 2.00 bits per heavy atom. The molecule has 55 valence electrons. The highest BCUT2D eigenvalue weighted by molar-refractivity contribution is 5.90. The van der Waals surface area contributed by atoms with Gasteiger partial charge in [-0.05, 0) is 6.92 Å². The standard InChI is InChI=1S/C6H7O4/c1-2-10-6(9)4-3-5(7)8/h3-4H,2H2,1H3/b4-3+. The number of esters is 1. The Kier molecular flexibility index (Phi) is 3.95. The Balaban J connectivity index is 3.67. The van der Waals surface area contributed by atoms with Gasteiger partial charge in [0.15, 0.2) is 0 Å². The van der Waals surface area contributed by atoms with E-state index in [1.54, 1.807) is 6.92 Å². The van der Waals surface area contributed by atoms with Gasteiger partial charge in [-0.1, -0.05) is 0 Å². The molecule has 0 aromatic heterocycles. The zero-order valence-corrected chi connectivity index (χ0v) is 5.49. The highest BCUT2D eigenvalue weighted by atomic mass is 16.5. The summed E-state index contributed by atoms with van der Waals surface area (Å²) in [6.45, 7) is 1.86. The Bertz CT molecular complexity index is 159. The number of carbonyl (C=O) groups excluding carboxylic acids is 2. The fourth-order valence-corrected chi connectivity index (χ4v) is 0.326. The SMILES string of the molecule is CCOC(=O)/C=C/C([O])=O. The third-order valence-electron chi connectivity index (χ3n) is 0.642. The number of hydrogen-bond acceptors (Lipinski definition) is 3. The Morgan fingerprint density at radius 1 is 1.40 bits per heavy atom. The maximum Gasteiger partial charge on any atom is 0.379 e. The number of hydrogen-bond donors (Lipinski definition) is 0. The van der Waals surface area contributed by atoms with Gasteiger partial charge in [0.25, 0.3) is 0 Å². The summed E-state index contributed by atoms with van der Waals surface area (Å²) in [7, 11) is 0. The molecule has 0 bridgehead atoms. The van der Waals surface area contributed by atoms with Crippen LogP contribution in [0.25, 0.3) is 0 Å². The van der Waals surface area contributed by atoms with Crippen molar-refractivity contribution in [3.05, 3.63) is 12.2 Å². The molecule has 1 radical (unpaired) electrons. The summed E-state index contributed by atoms with van der Waals surface area (Å²) in [6.07, 6.45) is 1.43. The third kappa shape index (κ3) is 4.83. The largest absolute Gasteiger partial charge is 0.463 e. The minimum absolute atomic E-state index is 0.232. The minimum atomic E-state index is -1.41. The van der Waals surface area contributed by atoms with Crippen LogP contribution in [-0.2, 0) is 19.4 Å². The van der Waals surface area contributed by atoms with E-state index in [9.17, 15) is 14.7 Å². The highest BCUT2D eigenvalue weighted by Gasteiger charge is 1.95. The van der Waals surface area contributed by atoms with Crippen molar-refractivity contribution in [3.63, 3.8) is 0 Å². The van der Waals surface area contributed by atoms with Crippen molar-refractivity contribution >= 4 is 11.9 Å². The molecular formula is C6H7O4. The Labute approximate surface area is 58.1 Å². The lowest BCUT2D eigenvalue weighted by Crippen LogP contribution is -2.00. The molecule has 0 aromatic rings. The molecule has 0 atom stereocenters. The lowest BCUT2D eigenvalue weighted by Gasteiger charge is -1.91. The van der Waals surface area contributed by atoms with Gasteiger partial charge >= 0.3 is 11.9 Å². The van der Waals surface area contributed by atoms with Crippen molar-refractivity contribution in [3.8, 4) is 0 Å². The van der Waals surface area contributed by atoms with Crippen LogP contribution < -0.4 is 0 Å². The van der Waals surface area contributed by atoms with Crippen LogP contribution in [0.4, 0.5) is 0 Å². The molecule has 0 aromatic carbocycles. The van der Waals surface area contributed by atoms with E-state index < -0.39 is 11.9 Å². The molecule has 0 saturated carbocycles. The van der Waals surface area contributed by atoms with E-state index in [0.717, 1.165) is 6.08 Å². The normalized spacial score (nSPS) is 9.70. The molecule has 0 fully saturated rings. The maximum absolute atomic E-state index is 10.3. The number of ether oxygens (including phenoxy) is 1. The van der Waals surface area contributed by atoms with Crippen molar-refractivity contribution in [2.24, 2.45) is 0 Å². The molecule has 0 amide bonds. The summed E-state index contributed by atoms with van der Waals surface area (Å²) in [4.78, 5) is 20.0. The molecule has 0 aliphatic carbocycles. The van der Waals surface area contributed by atoms with Crippen LogP contribution in [0.15, 0.2) is 12.2 Å². The molecule has 0 unspecified atom stereocenters. The van der Waals surface area contributed by atoms with Gasteiger partial charge in [-0.3, -0.25) is 0 Å². The summed E-state index contributed by atoms with van der Waals surface area (Å²) < 4.78 is 4.38. The van der Waals surface area contributed by atoms with E-state index in [1.165, 1.54) is 0 Å². The van der Waals surface area contributed by atoms with Crippen LogP contribution >= 0.6 is 0 Å². The second-order valence-corrected chi connectivity index (χ2v) is 1.40. The first-order valence-electron chi connectivity index (χ1n) is 2.72. The topological polar surface area (TPSA) is 63.3 Å². The van der Waals surface area contributed by atoms with E-state index >= 15 is 0 Å². The second kappa shape index (κ2) is 4.55. The summed E-state index contributed by atoms with van der Waals surface area (Å²) in [6, 6.07) is 0. The Hall–Kier alpha value is -1.32. The summed E-state index contributed by atoms with van der Waals surface area (Å²) in [5.74, 6) is -2.08. The first-order chi connectivity index (χ1) is 4.66. The van der Waals surface area contributed by atoms with Crippen molar-refractivity contribution in [1.29, 1.82) is 0 Å². The van der Waals surface area contributed by atoms with Crippen LogP contribution in [0.2, 0.25) is 0 Å². The fourth-order valence-electron chi connectivity index (χ4n) is 0.326. The van der Waals surface area contributed by atoms with Gasteiger partial charge < -0.3 is 4.74 Å². The molecular weight excluding hydrogens is 136 g/mol. The van der Waals surface area contributed by atoms with Crippen molar-refractivity contribution in [1.82, 2.24) is 0 Å². The smallest absolute Gasteiger partial charge is 0.379 e. The summed E-state index contributed by atoms with van der Waals surface area (Å²) in [5, 5.41) is 9.70. The van der Waals surface area contributed by atoms with Gasteiger partial charge in [0.05, 0.1) is 6.61 Å². The van der Waals surface area contributed by atoms with Gasteiger partial charge in [-0.2, -0.15) is 0 Å². The van der Waals surface area contributed by atoms with Gasteiger partial charge in [0.2, 0.25) is 0 Å². The van der Waals surface area contributed by atoms with E-state index in [4.69, 9.17) is 0 Å². The molecule has 0 rings (SSSR count). The number of rotatable bonds is 3. The quantitative estimate of drug-likeness (QED) is 0.414. The zero-order chi connectivity index (χ0) is 7.98. The molecule has 0 aliphatic heterocycles. The van der Waals surface area contributed by atoms with Crippen molar-refractivity contribution in [2.75, 3.05) is 6.61 Å². The maximum atomic E-state index is 10.3. The summed E-state index contributed by atoms with van der Waals surface area (Å²) >= 11 is 0. The molecule has 0 spiro atoms. The lowest BCUT2D eigenvalue weighted by molar-refractivity contribution is -0.140. The van der Waals surface area contributed by atoms with Crippen molar-refractivity contribution in [2.45, 2.75) is 6.92 Å². The Morgan fingerprint density at radius 3 is 2.40 bits per heavy atom. The van der Waals surface area contributed by atoms with E-state index in [0.29, 0.717) is 6.08 Å². The van der Waals surface area contributed by atoms with Crippen LogP contribution in [0, 0.1) is 0 Å². The molecule has 0 N–H and O–H groups in total. The molecule has 0 saturated heterocycles. The fraction of sp³-hybridized carbons (Fsp3) is 0.333. The van der Waals surface area contributed by atoms with Gasteiger partial charge in [-0.25, -0.2) is 14.7 Å². The zero-order valence-electron chi connectivity index (χ0n) is 5.49. The van der Waals surface area contributed by atoms with E-state index in [-0.39, 0.29) is 6.61 Å². The average Bonchev–Trinajstić information content (AvgIpc) is 1.85. The predicted molar refractivity (Wildman–Crippen MR) is 31.5 cm³/mol. The summed E-state index contributed by atoms with van der Waals surface area (Å²) in [5.41, 5.74) is 0. The molecule has 0 aliphatic rings. The van der Waals surface area contributed by atoms with Gasteiger partial charge in [0, 0.05) is 12.2 Å². The van der Waals surface area contributed by atoms with Crippen LogP contribution in [0.5, 0.6) is 0 Å². The molecule has 4 nitrogen and oxygen atoms in total. The third-order valence-corrected chi connectivity index (χ3v) is 0.642. The predicted octanol–water partition coefficient (Wildman–Crippen LogP) is 0.0628. The highest BCUT2D eigenvalue weighted by Crippen LogP contribution is 1.80. The van der Waals surface area contributed by atoms with Crippen molar-refractivity contribution < 1.29 is 19.4 Å². The van der Waals surface area contributed by atoms with Crippen LogP contribution in [-0.4, -0.2) is 18.5 Å². The monoisotopic (exact) mass is 143 g/mol. The van der Waals surface area contributed by atoms with Gasteiger partial charge in [0.1, 0.15) is 0 Å². The average molecular weight is 143 g/mol. The molecule has 10 heavy (non-hydrogen) atoms. The van der Waals surface area contributed by atoms with Crippen LogP contribution in [0.3, 0.4) is 0 Å². The molecule has 4 heteroatoms. The van der Waals surface area contributed by atoms with E-state index in [2.05, 4.69) is 4.74 Å². The molecule has 0 heterocycles. The second-order valence-electron chi connectivity index (χ2n) is 1.40. The first-order valence-corrected chi connectivity index (χ1v) is 2.72. The lowest BCUT2D eigenvalue weighted by atomic mass is 10.5. The minimum Gasteiger partial charge on any atom is -0.463 e.